The monoisotopic (exact) mass is 305 g/mol. The predicted molar refractivity (Wildman–Crippen MR) is 67.7 cm³/mol. The van der Waals surface area contributed by atoms with Crippen LogP contribution in [0, 0.1) is 0 Å². The molecule has 4 nitrogen and oxygen atoms in total. The highest BCUT2D eigenvalue weighted by Crippen LogP contribution is 2.13. The van der Waals surface area contributed by atoms with E-state index in [1.165, 1.54) is 0 Å². The molecule has 0 aliphatic rings. The molecular formula is C10H12BrNO3S. The molecule has 0 saturated heterocycles. The number of benzene rings is 1. The van der Waals surface area contributed by atoms with E-state index in [0.29, 0.717) is 5.69 Å². The Balaban J connectivity index is 2.45. The molecule has 0 saturated carbocycles. The van der Waals surface area contributed by atoms with E-state index in [-0.39, 0.29) is 24.0 Å². The number of anilines is 1. The van der Waals surface area contributed by atoms with Crippen LogP contribution < -0.4 is 5.32 Å². The summed E-state index contributed by atoms with van der Waals surface area (Å²) in [6.07, 6.45) is 0. The van der Waals surface area contributed by atoms with E-state index in [9.17, 15) is 9.00 Å². The average molecular weight is 306 g/mol. The highest BCUT2D eigenvalue weighted by atomic mass is 79.9. The molecule has 2 N–H and O–H groups in total. The summed E-state index contributed by atoms with van der Waals surface area (Å²) < 4.78 is 12.1. The second kappa shape index (κ2) is 6.78. The molecule has 0 bridgehead atoms. The molecule has 1 amide bonds. The number of rotatable bonds is 5. The molecule has 0 aliphatic carbocycles. The van der Waals surface area contributed by atoms with Crippen LogP contribution in [0.5, 0.6) is 0 Å². The van der Waals surface area contributed by atoms with Gasteiger partial charge in [0.05, 0.1) is 6.61 Å². The third kappa shape index (κ3) is 4.87. The zero-order chi connectivity index (χ0) is 12.0. The van der Waals surface area contributed by atoms with E-state index < -0.39 is 10.8 Å². The maximum atomic E-state index is 11.4. The Labute approximate surface area is 105 Å². The van der Waals surface area contributed by atoms with Crippen LogP contribution in [0.4, 0.5) is 5.69 Å². The normalized spacial score (nSPS) is 12.1. The van der Waals surface area contributed by atoms with Crippen molar-refractivity contribution in [3.63, 3.8) is 0 Å². The van der Waals surface area contributed by atoms with Crippen LogP contribution in [0.3, 0.4) is 0 Å². The lowest BCUT2D eigenvalue weighted by atomic mass is 10.3. The molecule has 88 valence electrons. The van der Waals surface area contributed by atoms with Crippen molar-refractivity contribution < 1.29 is 14.1 Å². The first kappa shape index (κ1) is 13.3. The SMILES string of the molecule is O=C(CS(=O)CCO)Nc1ccc(Br)cc1. The molecule has 1 aromatic carbocycles. The lowest BCUT2D eigenvalue weighted by molar-refractivity contribution is -0.113. The molecule has 0 aliphatic heterocycles. The van der Waals surface area contributed by atoms with Gasteiger partial charge in [0.25, 0.3) is 0 Å². The largest absolute Gasteiger partial charge is 0.395 e. The molecule has 1 unspecified atom stereocenters. The Morgan fingerprint density at radius 1 is 1.38 bits per heavy atom. The van der Waals surface area contributed by atoms with Crippen LogP contribution in [0.25, 0.3) is 0 Å². The van der Waals surface area contributed by atoms with Gasteiger partial charge in [-0.3, -0.25) is 9.00 Å². The van der Waals surface area contributed by atoms with Gasteiger partial charge in [0.15, 0.2) is 0 Å². The first-order chi connectivity index (χ1) is 7.61. The van der Waals surface area contributed by atoms with Gasteiger partial charge in [-0.2, -0.15) is 0 Å². The Bertz CT molecular complexity index is 380. The van der Waals surface area contributed by atoms with E-state index in [0.717, 1.165) is 4.47 Å². The Kier molecular flexibility index (Phi) is 5.65. The van der Waals surface area contributed by atoms with Crippen molar-refractivity contribution in [2.24, 2.45) is 0 Å². The number of halogens is 1. The van der Waals surface area contributed by atoms with Crippen molar-refractivity contribution >= 4 is 38.3 Å². The minimum Gasteiger partial charge on any atom is -0.395 e. The number of hydrogen-bond acceptors (Lipinski definition) is 3. The molecule has 1 rings (SSSR count). The van der Waals surface area contributed by atoms with Gasteiger partial charge in [0.1, 0.15) is 5.75 Å². The molecule has 16 heavy (non-hydrogen) atoms. The van der Waals surface area contributed by atoms with Gasteiger partial charge in [-0.1, -0.05) is 15.9 Å². The van der Waals surface area contributed by atoms with Crippen molar-refractivity contribution in [2.75, 3.05) is 23.4 Å². The number of aliphatic hydroxyl groups excluding tert-OH is 1. The van der Waals surface area contributed by atoms with Crippen molar-refractivity contribution in [3.8, 4) is 0 Å². The third-order valence-electron chi connectivity index (χ3n) is 1.74. The van der Waals surface area contributed by atoms with Crippen LogP contribution >= 0.6 is 15.9 Å². The number of carbonyl (C=O) groups is 1. The van der Waals surface area contributed by atoms with Gasteiger partial charge in [-0.05, 0) is 24.3 Å². The van der Waals surface area contributed by atoms with Gasteiger partial charge in [0.2, 0.25) is 5.91 Å². The van der Waals surface area contributed by atoms with Gasteiger partial charge in [0, 0.05) is 26.7 Å². The molecule has 0 fully saturated rings. The summed E-state index contributed by atoms with van der Waals surface area (Å²) in [5.74, 6) is -0.265. The minimum absolute atomic E-state index is 0.0867. The van der Waals surface area contributed by atoms with Crippen LogP contribution in [0.2, 0.25) is 0 Å². The van der Waals surface area contributed by atoms with Gasteiger partial charge in [-0.15, -0.1) is 0 Å². The van der Waals surface area contributed by atoms with Crippen molar-refractivity contribution in [1.82, 2.24) is 0 Å². The van der Waals surface area contributed by atoms with Gasteiger partial charge < -0.3 is 10.4 Å². The molecule has 0 aromatic heterocycles. The standard InChI is InChI=1S/C10H12BrNO3S/c11-8-1-3-9(4-2-8)12-10(14)7-16(15)6-5-13/h1-4,13H,5-7H2,(H,12,14). The summed E-state index contributed by atoms with van der Waals surface area (Å²) in [6, 6.07) is 7.11. The Hall–Kier alpha value is -0.720. The van der Waals surface area contributed by atoms with Gasteiger partial charge in [-0.25, -0.2) is 0 Å². The van der Waals surface area contributed by atoms with Crippen LogP contribution in [0.1, 0.15) is 0 Å². The summed E-state index contributed by atoms with van der Waals surface area (Å²) in [4.78, 5) is 11.4. The Morgan fingerprint density at radius 3 is 2.56 bits per heavy atom. The first-order valence-electron chi connectivity index (χ1n) is 4.63. The molecule has 0 spiro atoms. The Morgan fingerprint density at radius 2 is 2.00 bits per heavy atom. The zero-order valence-electron chi connectivity index (χ0n) is 8.48. The summed E-state index contributed by atoms with van der Waals surface area (Å²) >= 11 is 3.28. The number of hydrogen-bond donors (Lipinski definition) is 2. The molecule has 1 aromatic rings. The summed E-state index contributed by atoms with van der Waals surface area (Å²) in [7, 11) is -1.30. The fourth-order valence-corrected chi connectivity index (χ4v) is 2.03. The molecule has 0 radical (unpaired) electrons. The predicted octanol–water partition coefficient (Wildman–Crippen LogP) is 1.13. The highest BCUT2D eigenvalue weighted by Gasteiger charge is 2.07. The third-order valence-corrected chi connectivity index (χ3v) is 3.49. The fourth-order valence-electron chi connectivity index (χ4n) is 1.05. The smallest absolute Gasteiger partial charge is 0.236 e. The van der Waals surface area contributed by atoms with Gasteiger partial charge >= 0.3 is 0 Å². The topological polar surface area (TPSA) is 66.4 Å². The lowest BCUT2D eigenvalue weighted by Gasteiger charge is -2.04. The molecular weight excluding hydrogens is 294 g/mol. The second-order valence-corrected chi connectivity index (χ2v) is 5.56. The summed E-state index contributed by atoms with van der Waals surface area (Å²) in [6.45, 7) is -0.168. The first-order valence-corrected chi connectivity index (χ1v) is 6.91. The molecule has 6 heteroatoms. The summed E-state index contributed by atoms with van der Waals surface area (Å²) in [5.41, 5.74) is 0.661. The van der Waals surface area contributed by atoms with Crippen molar-refractivity contribution in [3.05, 3.63) is 28.7 Å². The van der Waals surface area contributed by atoms with Crippen LogP contribution in [-0.4, -0.2) is 33.3 Å². The van der Waals surface area contributed by atoms with Crippen molar-refractivity contribution in [1.29, 1.82) is 0 Å². The maximum Gasteiger partial charge on any atom is 0.236 e. The summed E-state index contributed by atoms with van der Waals surface area (Å²) in [5, 5.41) is 11.2. The molecule has 0 heterocycles. The number of nitrogens with one attached hydrogen (secondary N) is 1. The molecule has 1 atom stereocenters. The maximum absolute atomic E-state index is 11.4. The fraction of sp³-hybridized carbons (Fsp3) is 0.300. The number of amides is 1. The minimum atomic E-state index is -1.30. The highest BCUT2D eigenvalue weighted by molar-refractivity contribution is 9.10. The van der Waals surface area contributed by atoms with Crippen LogP contribution in [0.15, 0.2) is 28.7 Å². The van der Waals surface area contributed by atoms with E-state index in [4.69, 9.17) is 5.11 Å². The van der Waals surface area contributed by atoms with Crippen LogP contribution in [-0.2, 0) is 15.6 Å². The van der Waals surface area contributed by atoms with E-state index in [1.807, 2.05) is 0 Å². The quantitative estimate of drug-likeness (QED) is 0.857. The second-order valence-electron chi connectivity index (χ2n) is 3.07. The van der Waals surface area contributed by atoms with E-state index in [1.54, 1.807) is 24.3 Å². The number of carbonyl (C=O) groups excluding carboxylic acids is 1. The lowest BCUT2D eigenvalue weighted by Crippen LogP contribution is -2.21. The average Bonchev–Trinajstić information content (AvgIpc) is 2.21. The van der Waals surface area contributed by atoms with E-state index >= 15 is 0 Å². The number of aliphatic hydroxyl groups is 1. The van der Waals surface area contributed by atoms with Crippen molar-refractivity contribution in [2.45, 2.75) is 0 Å². The van der Waals surface area contributed by atoms with E-state index in [2.05, 4.69) is 21.2 Å². The zero-order valence-corrected chi connectivity index (χ0v) is 10.9.